The molecule has 2 heterocycles. The van der Waals surface area contributed by atoms with E-state index in [9.17, 15) is 0 Å². The molecular formula is C12H11N3S2. The highest BCUT2D eigenvalue weighted by Gasteiger charge is 2.12. The fourth-order valence-electron chi connectivity index (χ4n) is 1.79. The molecule has 17 heavy (non-hydrogen) atoms. The van der Waals surface area contributed by atoms with Crippen molar-refractivity contribution in [3.8, 4) is 10.6 Å². The summed E-state index contributed by atoms with van der Waals surface area (Å²) in [6, 6.07) is 8.38. The Morgan fingerprint density at radius 2 is 2.12 bits per heavy atom. The van der Waals surface area contributed by atoms with Crippen LogP contribution in [0.4, 0.5) is 5.00 Å². The van der Waals surface area contributed by atoms with Gasteiger partial charge < -0.3 is 5.43 Å². The number of nitrogens with zero attached hydrogens (tertiary/aromatic N) is 1. The Hall–Kier alpha value is -1.43. The first-order chi connectivity index (χ1) is 8.29. The first kappa shape index (κ1) is 10.7. The highest BCUT2D eigenvalue weighted by molar-refractivity contribution is 7.21. The van der Waals surface area contributed by atoms with Gasteiger partial charge in [0.2, 0.25) is 0 Å². The molecular weight excluding hydrogens is 250 g/mol. The van der Waals surface area contributed by atoms with Crippen LogP contribution in [0.2, 0.25) is 0 Å². The van der Waals surface area contributed by atoms with Crippen LogP contribution in [0.5, 0.6) is 0 Å². The third-order valence-electron chi connectivity index (χ3n) is 2.64. The van der Waals surface area contributed by atoms with Gasteiger partial charge in [0.1, 0.15) is 10.0 Å². The van der Waals surface area contributed by atoms with Crippen LogP contribution in [-0.2, 0) is 0 Å². The Kier molecular flexibility index (Phi) is 2.58. The van der Waals surface area contributed by atoms with Gasteiger partial charge in [-0.1, -0.05) is 29.5 Å². The van der Waals surface area contributed by atoms with Gasteiger partial charge in [-0.25, -0.2) is 10.8 Å². The van der Waals surface area contributed by atoms with E-state index in [1.54, 1.807) is 22.7 Å². The number of hydrogen-bond acceptors (Lipinski definition) is 5. The molecule has 0 unspecified atom stereocenters. The fraction of sp³-hybridized carbons (Fsp3) is 0.0833. The van der Waals surface area contributed by atoms with Crippen molar-refractivity contribution in [2.24, 2.45) is 5.84 Å². The number of hydrazine groups is 1. The lowest BCUT2D eigenvalue weighted by Crippen LogP contribution is -2.05. The maximum atomic E-state index is 5.45. The maximum absolute atomic E-state index is 5.45. The molecule has 0 aliphatic rings. The molecule has 3 N–H and O–H groups in total. The highest BCUT2D eigenvalue weighted by Crippen LogP contribution is 2.38. The van der Waals surface area contributed by atoms with E-state index >= 15 is 0 Å². The number of nitrogens with two attached hydrogens (primary N) is 1. The lowest BCUT2D eigenvalue weighted by atomic mass is 10.2. The Bertz CT molecular complexity index is 669. The summed E-state index contributed by atoms with van der Waals surface area (Å²) < 4.78 is 1.29. The first-order valence-electron chi connectivity index (χ1n) is 5.20. The number of hydrogen-bond donors (Lipinski definition) is 2. The number of nitrogens with one attached hydrogen (secondary N) is 1. The average molecular weight is 261 g/mol. The summed E-state index contributed by atoms with van der Waals surface area (Å²) in [6.07, 6.45) is 0. The maximum Gasteiger partial charge on any atom is 0.127 e. The van der Waals surface area contributed by atoms with E-state index in [1.165, 1.54) is 15.6 Å². The largest absolute Gasteiger partial charge is 0.314 e. The van der Waals surface area contributed by atoms with Crippen LogP contribution >= 0.6 is 22.7 Å². The van der Waals surface area contributed by atoms with Crippen molar-refractivity contribution in [1.82, 2.24) is 4.98 Å². The first-order valence-corrected chi connectivity index (χ1v) is 6.90. The van der Waals surface area contributed by atoms with Crippen molar-refractivity contribution in [3.05, 3.63) is 35.3 Å². The highest BCUT2D eigenvalue weighted by atomic mass is 32.1. The van der Waals surface area contributed by atoms with Crippen LogP contribution in [-0.4, -0.2) is 4.98 Å². The van der Waals surface area contributed by atoms with Gasteiger partial charge in [-0.3, -0.25) is 0 Å². The Balaban J connectivity index is 2.20. The minimum atomic E-state index is 0.926. The molecule has 0 aliphatic heterocycles. The minimum Gasteiger partial charge on any atom is -0.314 e. The summed E-state index contributed by atoms with van der Waals surface area (Å²) >= 11 is 3.34. The van der Waals surface area contributed by atoms with Crippen LogP contribution in [0.3, 0.4) is 0 Å². The number of thiophene rings is 1. The molecule has 0 amide bonds. The molecule has 0 saturated heterocycles. The van der Waals surface area contributed by atoms with Crippen molar-refractivity contribution in [2.45, 2.75) is 6.92 Å². The van der Waals surface area contributed by atoms with Crippen LogP contribution in [0.15, 0.2) is 29.6 Å². The van der Waals surface area contributed by atoms with Gasteiger partial charge >= 0.3 is 0 Å². The van der Waals surface area contributed by atoms with Gasteiger partial charge in [0.05, 0.1) is 5.69 Å². The van der Waals surface area contributed by atoms with Crippen molar-refractivity contribution < 1.29 is 0 Å². The number of benzene rings is 1. The van der Waals surface area contributed by atoms with Crippen LogP contribution in [0.25, 0.3) is 20.7 Å². The smallest absolute Gasteiger partial charge is 0.127 e. The molecule has 3 aromatic rings. The minimum absolute atomic E-state index is 0.926. The quantitative estimate of drug-likeness (QED) is 0.547. The summed E-state index contributed by atoms with van der Waals surface area (Å²) in [5, 5.41) is 5.36. The molecule has 5 heteroatoms. The Labute approximate surface area is 107 Å². The van der Waals surface area contributed by atoms with Crippen molar-refractivity contribution in [1.29, 1.82) is 0 Å². The summed E-state index contributed by atoms with van der Waals surface area (Å²) in [6.45, 7) is 1.96. The van der Waals surface area contributed by atoms with E-state index in [4.69, 9.17) is 5.84 Å². The van der Waals surface area contributed by atoms with Crippen molar-refractivity contribution in [2.75, 3.05) is 5.43 Å². The third kappa shape index (κ3) is 1.72. The summed E-state index contributed by atoms with van der Waals surface area (Å²) in [4.78, 5) is 4.56. The van der Waals surface area contributed by atoms with Crippen molar-refractivity contribution in [3.63, 3.8) is 0 Å². The molecule has 0 spiro atoms. The second-order valence-electron chi connectivity index (χ2n) is 3.72. The predicted molar refractivity (Wildman–Crippen MR) is 75.5 cm³/mol. The number of fused-ring (bicyclic) bond motifs is 1. The van der Waals surface area contributed by atoms with Crippen LogP contribution < -0.4 is 11.3 Å². The van der Waals surface area contributed by atoms with Crippen LogP contribution in [0, 0.1) is 6.92 Å². The standard InChI is InChI=1S/C12H11N3S2/c1-7-11(15-13)17-12(14-7)9-6-16-10-5-3-2-4-8(9)10/h2-6,15H,13H2,1H3. The Morgan fingerprint density at radius 3 is 2.88 bits per heavy atom. The summed E-state index contributed by atoms with van der Waals surface area (Å²) in [7, 11) is 0. The molecule has 0 saturated carbocycles. The molecule has 3 rings (SSSR count). The van der Waals surface area contributed by atoms with Gasteiger partial charge in [-0.15, -0.1) is 11.3 Å². The second-order valence-corrected chi connectivity index (χ2v) is 5.63. The zero-order valence-electron chi connectivity index (χ0n) is 9.23. The topological polar surface area (TPSA) is 50.9 Å². The number of nitrogen functional groups attached to an aromatic ring is 1. The zero-order valence-corrected chi connectivity index (χ0v) is 10.9. The van der Waals surface area contributed by atoms with E-state index < -0.39 is 0 Å². The average Bonchev–Trinajstić information content (AvgIpc) is 2.92. The van der Waals surface area contributed by atoms with E-state index in [1.807, 2.05) is 6.92 Å². The van der Waals surface area contributed by atoms with Crippen LogP contribution in [0.1, 0.15) is 5.69 Å². The normalized spacial score (nSPS) is 10.9. The summed E-state index contributed by atoms with van der Waals surface area (Å²) in [5.74, 6) is 5.45. The fourth-order valence-corrected chi connectivity index (χ4v) is 3.72. The number of thiazole rings is 1. The van der Waals surface area contributed by atoms with E-state index in [0.29, 0.717) is 0 Å². The van der Waals surface area contributed by atoms with Gasteiger partial charge in [-0.05, 0) is 13.0 Å². The molecule has 0 bridgehead atoms. The van der Waals surface area contributed by atoms with Gasteiger partial charge in [0, 0.05) is 21.0 Å². The Morgan fingerprint density at radius 1 is 1.29 bits per heavy atom. The number of anilines is 1. The van der Waals surface area contributed by atoms with E-state index in [2.05, 4.69) is 40.1 Å². The van der Waals surface area contributed by atoms with E-state index in [0.717, 1.165) is 15.7 Å². The molecule has 0 aliphatic carbocycles. The molecule has 0 fully saturated rings. The summed E-state index contributed by atoms with van der Waals surface area (Å²) in [5.41, 5.74) is 4.83. The van der Waals surface area contributed by atoms with Gasteiger partial charge in [0.15, 0.2) is 0 Å². The van der Waals surface area contributed by atoms with Gasteiger partial charge in [0.25, 0.3) is 0 Å². The molecule has 3 nitrogen and oxygen atoms in total. The molecule has 86 valence electrons. The lowest BCUT2D eigenvalue weighted by Gasteiger charge is -1.93. The second kappa shape index (κ2) is 4.10. The lowest BCUT2D eigenvalue weighted by molar-refractivity contribution is 1.24. The number of aromatic nitrogens is 1. The monoisotopic (exact) mass is 261 g/mol. The predicted octanol–water partition coefficient (Wildman–Crippen LogP) is 3.62. The number of aryl methyl sites for hydroxylation is 1. The van der Waals surface area contributed by atoms with Gasteiger partial charge in [-0.2, -0.15) is 0 Å². The SMILES string of the molecule is Cc1nc(-c2csc3ccccc23)sc1NN. The number of rotatable bonds is 2. The molecule has 0 atom stereocenters. The molecule has 0 radical (unpaired) electrons. The van der Waals surface area contributed by atoms with Crippen molar-refractivity contribution >= 4 is 37.8 Å². The molecule has 1 aromatic carbocycles. The molecule has 2 aromatic heterocycles. The van der Waals surface area contributed by atoms with E-state index in [-0.39, 0.29) is 0 Å². The third-order valence-corrected chi connectivity index (χ3v) is 4.72. The zero-order chi connectivity index (χ0) is 11.8.